The highest BCUT2D eigenvalue weighted by Gasteiger charge is 2.59. The van der Waals surface area contributed by atoms with Crippen LogP contribution in [0.25, 0.3) is 11.3 Å². The summed E-state index contributed by atoms with van der Waals surface area (Å²) in [7, 11) is 0. The van der Waals surface area contributed by atoms with Crippen molar-refractivity contribution in [1.29, 1.82) is 5.26 Å². The topological polar surface area (TPSA) is 135 Å². The lowest BCUT2D eigenvalue weighted by atomic mass is 9.68. The normalized spacial score (nSPS) is 20.0. The molecule has 4 heterocycles. The van der Waals surface area contributed by atoms with Gasteiger partial charge in [0.05, 0.1) is 11.3 Å². The Balaban J connectivity index is 1.71. The van der Waals surface area contributed by atoms with Crippen LogP contribution in [-0.4, -0.2) is 22.9 Å². The summed E-state index contributed by atoms with van der Waals surface area (Å²) in [5.41, 5.74) is 8.26. The molecule has 0 saturated carbocycles. The number of nitrogens with zero attached hydrogens (tertiary/aromatic N) is 2. The average molecular weight is 492 g/mol. The number of fused-ring (bicyclic) bond motifs is 5. The average Bonchev–Trinajstić information content (AvgIpc) is 3.47. The van der Waals surface area contributed by atoms with Gasteiger partial charge in [-0.1, -0.05) is 22.0 Å². The molecule has 2 aromatic carbocycles. The Kier molecular flexibility index (Phi) is 3.68. The monoisotopic (exact) mass is 491 g/mol. The Morgan fingerprint density at radius 3 is 2.84 bits per heavy atom. The summed E-state index contributed by atoms with van der Waals surface area (Å²) in [6, 6.07) is 11.2. The zero-order valence-corrected chi connectivity index (χ0v) is 18.2. The number of rotatable bonds is 1. The second-order valence-electron chi connectivity index (χ2n) is 7.62. The Hall–Kier alpha value is -3.97. The second-order valence-corrected chi connectivity index (χ2v) is 8.42. The molecule has 9 nitrogen and oxygen atoms in total. The van der Waals surface area contributed by atoms with E-state index in [1.165, 1.54) is 0 Å². The molecule has 1 aromatic heterocycles. The van der Waals surface area contributed by atoms with Crippen molar-refractivity contribution in [3.63, 3.8) is 0 Å². The number of ether oxygens (including phenoxy) is 3. The number of amides is 1. The van der Waals surface area contributed by atoms with Gasteiger partial charge < -0.3 is 25.3 Å². The number of hydrogen-bond acceptors (Lipinski definition) is 7. The maximum absolute atomic E-state index is 13.7. The number of benzene rings is 2. The van der Waals surface area contributed by atoms with E-state index in [0.29, 0.717) is 44.0 Å². The summed E-state index contributed by atoms with van der Waals surface area (Å²) in [6.45, 7) is 2.04. The van der Waals surface area contributed by atoms with Crippen molar-refractivity contribution in [1.82, 2.24) is 10.2 Å². The third-order valence-corrected chi connectivity index (χ3v) is 7.03. The molecule has 0 unspecified atom stereocenters. The van der Waals surface area contributed by atoms with Crippen LogP contribution in [0.3, 0.4) is 0 Å². The molecule has 4 N–H and O–H groups in total. The van der Waals surface area contributed by atoms with Gasteiger partial charge >= 0.3 is 0 Å². The van der Waals surface area contributed by atoms with Crippen LogP contribution in [0.1, 0.15) is 16.7 Å². The van der Waals surface area contributed by atoms with Crippen molar-refractivity contribution in [3.05, 3.63) is 63.0 Å². The van der Waals surface area contributed by atoms with Gasteiger partial charge in [-0.15, -0.1) is 5.10 Å². The summed E-state index contributed by atoms with van der Waals surface area (Å²) in [6.07, 6.45) is 0. The molecular weight excluding hydrogens is 478 g/mol. The first-order chi connectivity index (χ1) is 15.5. The van der Waals surface area contributed by atoms with Gasteiger partial charge in [-0.2, -0.15) is 5.26 Å². The molecule has 3 aliphatic heterocycles. The van der Waals surface area contributed by atoms with Gasteiger partial charge in [-0.3, -0.25) is 9.89 Å². The van der Waals surface area contributed by atoms with Crippen LogP contribution in [0.2, 0.25) is 0 Å². The molecule has 3 aliphatic rings. The van der Waals surface area contributed by atoms with Crippen molar-refractivity contribution in [2.45, 2.75) is 12.3 Å². The first-order valence-electron chi connectivity index (χ1n) is 9.65. The maximum Gasteiger partial charge on any atom is 0.245 e. The first-order valence-corrected chi connectivity index (χ1v) is 10.4. The zero-order chi connectivity index (χ0) is 22.2. The molecular formula is C22H14BrN5O4. The van der Waals surface area contributed by atoms with Gasteiger partial charge in [0.15, 0.2) is 11.5 Å². The number of nitrogens with two attached hydrogens (primary N) is 1. The van der Waals surface area contributed by atoms with Gasteiger partial charge in [0.2, 0.25) is 24.5 Å². The van der Waals surface area contributed by atoms with Crippen LogP contribution in [0.15, 0.2) is 46.3 Å². The second kappa shape index (κ2) is 6.27. The molecule has 1 atom stereocenters. The van der Waals surface area contributed by atoms with Gasteiger partial charge in [-0.25, -0.2) is 0 Å². The van der Waals surface area contributed by atoms with Crippen molar-refractivity contribution in [2.75, 3.05) is 12.1 Å². The van der Waals surface area contributed by atoms with E-state index in [9.17, 15) is 10.1 Å². The third-order valence-electron chi connectivity index (χ3n) is 6.01. The zero-order valence-electron chi connectivity index (χ0n) is 16.6. The molecule has 1 amide bonds. The molecule has 1 spiro atoms. The number of aromatic amines is 1. The fourth-order valence-corrected chi connectivity index (χ4v) is 5.21. The SMILES string of the molecule is Cc1ccc2c(c1Br)[C@@]1(C(=O)N2)C(C#N)=C(N)Oc2n[nH]c(-c3ccc4c(c3)OCO4)c21. The van der Waals surface area contributed by atoms with Crippen molar-refractivity contribution in [2.24, 2.45) is 5.73 Å². The van der Waals surface area contributed by atoms with Gasteiger partial charge in [-0.05, 0) is 36.8 Å². The number of halogens is 1. The van der Waals surface area contributed by atoms with Crippen LogP contribution in [0, 0.1) is 18.3 Å². The smallest absolute Gasteiger partial charge is 0.245 e. The third kappa shape index (κ3) is 2.15. The maximum atomic E-state index is 13.7. The van der Waals surface area contributed by atoms with Gasteiger partial charge in [0, 0.05) is 21.3 Å². The largest absolute Gasteiger partial charge is 0.454 e. The van der Waals surface area contributed by atoms with E-state index in [4.69, 9.17) is 19.9 Å². The van der Waals surface area contributed by atoms with Crippen molar-refractivity contribution < 1.29 is 19.0 Å². The Morgan fingerprint density at radius 2 is 2.03 bits per heavy atom. The molecule has 10 heteroatoms. The first kappa shape index (κ1) is 18.8. The number of hydrogen-bond donors (Lipinski definition) is 3. The number of H-pyrrole nitrogens is 1. The molecule has 6 rings (SSSR count). The number of aryl methyl sites for hydroxylation is 1. The summed E-state index contributed by atoms with van der Waals surface area (Å²) < 4.78 is 17.3. The lowest BCUT2D eigenvalue weighted by Gasteiger charge is -2.32. The van der Waals surface area contributed by atoms with E-state index < -0.39 is 11.3 Å². The molecule has 158 valence electrons. The fourth-order valence-electron chi connectivity index (χ4n) is 4.57. The van der Waals surface area contributed by atoms with Gasteiger partial charge in [0.1, 0.15) is 17.1 Å². The summed E-state index contributed by atoms with van der Waals surface area (Å²) in [4.78, 5) is 13.7. The summed E-state index contributed by atoms with van der Waals surface area (Å²) in [5.74, 6) is 0.745. The number of nitriles is 1. The quantitative estimate of drug-likeness (QED) is 0.475. The molecule has 0 bridgehead atoms. The lowest BCUT2D eigenvalue weighted by molar-refractivity contribution is -0.118. The Morgan fingerprint density at radius 1 is 1.22 bits per heavy atom. The molecule has 0 saturated heterocycles. The molecule has 0 radical (unpaired) electrons. The molecule has 0 fully saturated rings. The number of nitrogens with one attached hydrogen (secondary N) is 2. The predicted octanol–water partition coefficient (Wildman–Crippen LogP) is 3.20. The van der Waals surface area contributed by atoms with Crippen molar-refractivity contribution >= 4 is 27.5 Å². The highest BCUT2D eigenvalue weighted by Crippen LogP contribution is 2.57. The highest BCUT2D eigenvalue weighted by molar-refractivity contribution is 9.10. The molecule has 0 aliphatic carbocycles. The highest BCUT2D eigenvalue weighted by atomic mass is 79.9. The van der Waals surface area contributed by atoms with E-state index >= 15 is 0 Å². The Bertz CT molecular complexity index is 1440. The van der Waals surface area contributed by atoms with E-state index in [1.54, 1.807) is 12.1 Å². The van der Waals surface area contributed by atoms with E-state index in [0.717, 1.165) is 5.56 Å². The minimum absolute atomic E-state index is 0.00376. The minimum Gasteiger partial charge on any atom is -0.454 e. The number of anilines is 1. The lowest BCUT2D eigenvalue weighted by Crippen LogP contribution is -2.42. The van der Waals surface area contributed by atoms with E-state index in [-0.39, 0.29) is 24.1 Å². The number of aromatic nitrogens is 2. The van der Waals surface area contributed by atoms with Crippen LogP contribution in [0.4, 0.5) is 5.69 Å². The Labute approximate surface area is 189 Å². The number of carbonyl (C=O) groups excluding carboxylic acids is 1. The summed E-state index contributed by atoms with van der Waals surface area (Å²) in [5, 5.41) is 20.3. The standard InChI is InChI=1S/C22H14BrN5O4/c1-9-2-4-12-15(17(9)23)22(21(29)26-12)11(7-24)19(25)32-20-16(22)18(27-28-20)10-3-5-13-14(6-10)31-8-30-13/h2-6H,8,25H2,1H3,(H,26,29)(H,27,28)/t22-/m0/s1. The van der Waals surface area contributed by atoms with Crippen LogP contribution < -0.4 is 25.3 Å². The fraction of sp³-hybridized carbons (Fsp3) is 0.136. The number of carbonyl (C=O) groups is 1. The molecule has 32 heavy (non-hydrogen) atoms. The van der Waals surface area contributed by atoms with Crippen LogP contribution in [0.5, 0.6) is 17.4 Å². The minimum atomic E-state index is -1.55. The molecule has 3 aromatic rings. The predicted molar refractivity (Wildman–Crippen MR) is 116 cm³/mol. The van der Waals surface area contributed by atoms with Crippen molar-refractivity contribution in [3.8, 4) is 34.7 Å². The van der Waals surface area contributed by atoms with Crippen LogP contribution in [-0.2, 0) is 10.2 Å². The van der Waals surface area contributed by atoms with E-state index in [1.807, 2.05) is 25.1 Å². The van der Waals surface area contributed by atoms with Crippen LogP contribution >= 0.6 is 15.9 Å². The van der Waals surface area contributed by atoms with E-state index in [2.05, 4.69) is 37.5 Å². The van der Waals surface area contributed by atoms with Gasteiger partial charge in [0.25, 0.3) is 0 Å². The summed E-state index contributed by atoms with van der Waals surface area (Å²) >= 11 is 3.63.